The molecule has 0 bridgehead atoms. The quantitative estimate of drug-likeness (QED) is 0.253. The summed E-state index contributed by atoms with van der Waals surface area (Å²) in [6.07, 6.45) is 17.0. The van der Waals surface area contributed by atoms with Gasteiger partial charge in [0, 0.05) is 5.33 Å². The van der Waals surface area contributed by atoms with Crippen molar-refractivity contribution in [3.63, 3.8) is 0 Å². The highest BCUT2D eigenvalue weighted by Gasteiger charge is 1.93. The fourth-order valence-electron chi connectivity index (χ4n) is 2.23. The van der Waals surface area contributed by atoms with Crippen LogP contribution in [0, 0.1) is 0 Å². The molecule has 0 rings (SSSR count). The van der Waals surface area contributed by atoms with Crippen LogP contribution in [0.1, 0.15) is 84.0 Å². The second kappa shape index (κ2) is 21.2. The van der Waals surface area contributed by atoms with Crippen LogP contribution in [-0.2, 0) is 0 Å². The highest BCUT2D eigenvalue weighted by molar-refractivity contribution is 9.09. The number of hydrogen-bond donors (Lipinski definition) is 1. The van der Waals surface area contributed by atoms with Crippen molar-refractivity contribution in [2.45, 2.75) is 84.0 Å². The number of alkyl halides is 1. The van der Waals surface area contributed by atoms with E-state index in [0.29, 0.717) is 0 Å². The largest absolute Gasteiger partial charge is 0.317 e. The third-order valence-electron chi connectivity index (χ3n) is 3.44. The molecule has 3 heteroatoms. The van der Waals surface area contributed by atoms with E-state index in [2.05, 4.69) is 28.2 Å². The standard InChI is InChI=1S/C16H34BrN.BrH/c1-2-3-4-5-6-7-8-9-10-11-12-15-18-16-13-14-17;/h18H,2-16H2,1H3;1H. The molecule has 0 aliphatic heterocycles. The lowest BCUT2D eigenvalue weighted by Gasteiger charge is -2.04. The summed E-state index contributed by atoms with van der Waals surface area (Å²) >= 11 is 3.45. The minimum absolute atomic E-state index is 0. The van der Waals surface area contributed by atoms with Crippen LogP contribution in [0.2, 0.25) is 0 Å². The van der Waals surface area contributed by atoms with Crippen molar-refractivity contribution in [3.8, 4) is 0 Å². The summed E-state index contributed by atoms with van der Waals surface area (Å²) in [4.78, 5) is 0. The third-order valence-corrected chi connectivity index (χ3v) is 4.01. The Morgan fingerprint density at radius 2 is 1.05 bits per heavy atom. The van der Waals surface area contributed by atoms with Crippen LogP contribution in [0.25, 0.3) is 0 Å². The van der Waals surface area contributed by atoms with Crippen LogP contribution >= 0.6 is 32.9 Å². The second-order valence-corrected chi connectivity index (χ2v) is 6.12. The zero-order chi connectivity index (χ0) is 13.3. The Hall–Kier alpha value is 0.920. The molecule has 0 spiro atoms. The number of unbranched alkanes of at least 4 members (excludes halogenated alkanes) is 10. The van der Waals surface area contributed by atoms with Crippen molar-refractivity contribution in [3.05, 3.63) is 0 Å². The Kier molecular flexibility index (Phi) is 24.8. The van der Waals surface area contributed by atoms with Crippen molar-refractivity contribution in [2.24, 2.45) is 0 Å². The Morgan fingerprint density at radius 1 is 0.632 bits per heavy atom. The van der Waals surface area contributed by atoms with Gasteiger partial charge in [-0.15, -0.1) is 17.0 Å². The van der Waals surface area contributed by atoms with Crippen molar-refractivity contribution in [1.82, 2.24) is 5.32 Å². The Bertz CT molecular complexity index is 127. The molecule has 0 fully saturated rings. The van der Waals surface area contributed by atoms with Crippen LogP contribution in [-0.4, -0.2) is 18.4 Å². The minimum atomic E-state index is 0. The van der Waals surface area contributed by atoms with Gasteiger partial charge in [0.1, 0.15) is 0 Å². The molecule has 0 aliphatic carbocycles. The highest BCUT2D eigenvalue weighted by atomic mass is 79.9. The molecule has 0 heterocycles. The van der Waals surface area contributed by atoms with E-state index in [4.69, 9.17) is 0 Å². The first-order chi connectivity index (χ1) is 8.91. The van der Waals surface area contributed by atoms with Crippen LogP contribution in [0.3, 0.4) is 0 Å². The molecule has 0 amide bonds. The first kappa shape index (κ1) is 22.2. The average Bonchev–Trinajstić information content (AvgIpc) is 2.39. The van der Waals surface area contributed by atoms with Gasteiger partial charge in [0.2, 0.25) is 0 Å². The molecule has 19 heavy (non-hydrogen) atoms. The summed E-state index contributed by atoms with van der Waals surface area (Å²) in [6.45, 7) is 4.67. The fraction of sp³-hybridized carbons (Fsp3) is 1.00. The highest BCUT2D eigenvalue weighted by Crippen LogP contribution is 2.10. The van der Waals surface area contributed by atoms with Gasteiger partial charge in [0.15, 0.2) is 0 Å². The van der Waals surface area contributed by atoms with E-state index < -0.39 is 0 Å². The SMILES string of the molecule is Br.CCCCCCCCCCCCCNCCCBr. The third kappa shape index (κ3) is 21.4. The molecule has 0 unspecified atom stereocenters. The summed E-state index contributed by atoms with van der Waals surface area (Å²) in [5.74, 6) is 0. The van der Waals surface area contributed by atoms with E-state index >= 15 is 0 Å². The summed E-state index contributed by atoms with van der Waals surface area (Å²) < 4.78 is 0. The molecule has 1 N–H and O–H groups in total. The molecule has 0 saturated heterocycles. The van der Waals surface area contributed by atoms with Gasteiger partial charge in [-0.1, -0.05) is 87.1 Å². The first-order valence-corrected chi connectivity index (χ1v) is 9.30. The molecule has 1 nitrogen and oxygen atoms in total. The Morgan fingerprint density at radius 3 is 1.53 bits per heavy atom. The number of rotatable bonds is 15. The lowest BCUT2D eigenvalue weighted by molar-refractivity contribution is 0.539. The molecular formula is C16H35Br2N. The minimum Gasteiger partial charge on any atom is -0.317 e. The molecule has 0 radical (unpaired) electrons. The van der Waals surface area contributed by atoms with Gasteiger partial charge in [-0.25, -0.2) is 0 Å². The van der Waals surface area contributed by atoms with Crippen molar-refractivity contribution >= 4 is 32.9 Å². The Balaban J connectivity index is 0. The van der Waals surface area contributed by atoms with Gasteiger partial charge in [-0.3, -0.25) is 0 Å². The predicted octanol–water partition coefficient (Wildman–Crippen LogP) is 6.25. The second-order valence-electron chi connectivity index (χ2n) is 5.33. The van der Waals surface area contributed by atoms with Gasteiger partial charge in [-0.2, -0.15) is 0 Å². The van der Waals surface area contributed by atoms with E-state index in [1.54, 1.807) is 0 Å². The smallest absolute Gasteiger partial charge is 0.00433 e. The lowest BCUT2D eigenvalue weighted by atomic mass is 10.1. The summed E-state index contributed by atoms with van der Waals surface area (Å²) in [7, 11) is 0. The maximum Gasteiger partial charge on any atom is 0.00433 e. The van der Waals surface area contributed by atoms with Gasteiger partial charge >= 0.3 is 0 Å². The molecular weight excluding hydrogens is 366 g/mol. The van der Waals surface area contributed by atoms with Crippen LogP contribution in [0.15, 0.2) is 0 Å². The molecule has 118 valence electrons. The van der Waals surface area contributed by atoms with Gasteiger partial charge in [0.25, 0.3) is 0 Å². The zero-order valence-corrected chi connectivity index (χ0v) is 16.2. The van der Waals surface area contributed by atoms with Crippen LogP contribution in [0.4, 0.5) is 0 Å². The maximum atomic E-state index is 3.49. The number of hydrogen-bond acceptors (Lipinski definition) is 1. The number of nitrogens with one attached hydrogen (secondary N) is 1. The molecule has 0 aliphatic rings. The van der Waals surface area contributed by atoms with Gasteiger partial charge in [0.05, 0.1) is 0 Å². The topological polar surface area (TPSA) is 12.0 Å². The van der Waals surface area contributed by atoms with Crippen molar-refractivity contribution in [2.75, 3.05) is 18.4 Å². The summed E-state index contributed by atoms with van der Waals surface area (Å²) in [6, 6.07) is 0. The van der Waals surface area contributed by atoms with Crippen LogP contribution < -0.4 is 5.32 Å². The Labute approximate surface area is 140 Å². The average molecular weight is 401 g/mol. The lowest BCUT2D eigenvalue weighted by Crippen LogP contribution is -2.16. The van der Waals surface area contributed by atoms with E-state index in [-0.39, 0.29) is 17.0 Å². The van der Waals surface area contributed by atoms with E-state index in [0.717, 1.165) is 5.33 Å². The molecule has 0 aromatic rings. The molecule has 0 saturated carbocycles. The van der Waals surface area contributed by atoms with E-state index in [1.165, 1.54) is 90.1 Å². The number of halogens is 2. The van der Waals surface area contributed by atoms with Crippen molar-refractivity contribution < 1.29 is 0 Å². The zero-order valence-electron chi connectivity index (χ0n) is 12.9. The van der Waals surface area contributed by atoms with E-state index in [1.807, 2.05) is 0 Å². The first-order valence-electron chi connectivity index (χ1n) is 8.18. The molecule has 0 aromatic heterocycles. The molecule has 0 aromatic carbocycles. The summed E-state index contributed by atoms with van der Waals surface area (Å²) in [5.41, 5.74) is 0. The normalized spacial score (nSPS) is 10.4. The van der Waals surface area contributed by atoms with Crippen molar-refractivity contribution in [1.29, 1.82) is 0 Å². The van der Waals surface area contributed by atoms with Crippen LogP contribution in [0.5, 0.6) is 0 Å². The monoisotopic (exact) mass is 399 g/mol. The van der Waals surface area contributed by atoms with E-state index in [9.17, 15) is 0 Å². The fourth-order valence-corrected chi connectivity index (χ4v) is 2.51. The summed E-state index contributed by atoms with van der Waals surface area (Å²) in [5, 5.41) is 4.61. The molecule has 0 atom stereocenters. The maximum absolute atomic E-state index is 3.49. The van der Waals surface area contributed by atoms with Gasteiger partial charge in [-0.05, 0) is 25.9 Å². The van der Waals surface area contributed by atoms with Gasteiger partial charge < -0.3 is 5.32 Å². The predicted molar refractivity (Wildman–Crippen MR) is 98.1 cm³/mol.